The van der Waals surface area contributed by atoms with Crippen molar-refractivity contribution in [1.82, 2.24) is 0 Å². The molecule has 0 aromatic carbocycles. The van der Waals surface area contributed by atoms with E-state index in [2.05, 4.69) is 4.74 Å². The molecule has 3 fully saturated rings. The molecule has 200 valence electrons. The maximum atomic E-state index is 14.8. The highest BCUT2D eigenvalue weighted by Gasteiger charge is 2.65. The summed E-state index contributed by atoms with van der Waals surface area (Å²) >= 11 is 0. The quantitative estimate of drug-likeness (QED) is 0.320. The van der Waals surface area contributed by atoms with Crippen molar-refractivity contribution < 1.29 is 35.8 Å². The Morgan fingerprint density at radius 3 is 2.06 bits per heavy atom. The van der Waals surface area contributed by atoms with Crippen molar-refractivity contribution in [3.63, 3.8) is 0 Å². The number of hydrogen-bond acceptors (Lipinski definition) is 2. The molecule has 2 nitrogen and oxygen atoms in total. The lowest BCUT2D eigenvalue weighted by molar-refractivity contribution is -0.297. The van der Waals surface area contributed by atoms with Crippen LogP contribution in [0.2, 0.25) is 0 Å². The lowest BCUT2D eigenvalue weighted by atomic mass is 9.69. The first-order chi connectivity index (χ1) is 16.6. The Hall–Kier alpha value is -1.18. The standard InChI is InChI=1S/C27H38F6O2/c1-2-6-21-14-16-24(26(30,31)25(21,28)29)35-27(32,33)22-13-15-23(34-17-22)20-11-9-19(10-12-20)18-7-4-3-5-8-18/h14,16,18-20,22-23H,2-13,15,17H2,1H3. The van der Waals surface area contributed by atoms with Crippen molar-refractivity contribution in [1.29, 1.82) is 0 Å². The van der Waals surface area contributed by atoms with Crippen LogP contribution in [0.5, 0.6) is 0 Å². The predicted octanol–water partition coefficient (Wildman–Crippen LogP) is 8.67. The molecule has 2 unspecified atom stereocenters. The summed E-state index contributed by atoms with van der Waals surface area (Å²) in [6.07, 6.45) is 8.65. The molecule has 0 spiro atoms. The Labute approximate surface area is 204 Å². The average Bonchev–Trinajstić information content (AvgIpc) is 2.85. The molecule has 2 atom stereocenters. The molecule has 0 aromatic rings. The minimum absolute atomic E-state index is 0.0480. The van der Waals surface area contributed by atoms with Gasteiger partial charge in [0.15, 0.2) is 5.76 Å². The van der Waals surface area contributed by atoms with Crippen LogP contribution < -0.4 is 0 Å². The van der Waals surface area contributed by atoms with Gasteiger partial charge in [-0.25, -0.2) is 0 Å². The van der Waals surface area contributed by atoms with Gasteiger partial charge >= 0.3 is 18.0 Å². The van der Waals surface area contributed by atoms with Crippen LogP contribution in [-0.2, 0) is 9.47 Å². The molecule has 35 heavy (non-hydrogen) atoms. The van der Waals surface area contributed by atoms with Crippen LogP contribution in [0.15, 0.2) is 23.5 Å². The van der Waals surface area contributed by atoms with Crippen molar-refractivity contribution in [2.75, 3.05) is 6.61 Å². The van der Waals surface area contributed by atoms with Crippen LogP contribution in [0.3, 0.4) is 0 Å². The third-order valence-corrected chi connectivity index (χ3v) is 8.75. The van der Waals surface area contributed by atoms with Crippen molar-refractivity contribution >= 4 is 0 Å². The molecule has 1 saturated heterocycles. The topological polar surface area (TPSA) is 18.5 Å². The van der Waals surface area contributed by atoms with Crippen molar-refractivity contribution in [2.45, 2.75) is 114 Å². The third-order valence-electron chi connectivity index (χ3n) is 8.75. The van der Waals surface area contributed by atoms with Crippen LogP contribution in [0.25, 0.3) is 0 Å². The normalized spacial score (nSPS) is 34.1. The van der Waals surface area contributed by atoms with Gasteiger partial charge in [0.05, 0.1) is 18.6 Å². The van der Waals surface area contributed by atoms with Gasteiger partial charge in [0.2, 0.25) is 0 Å². The molecule has 1 aliphatic heterocycles. The summed E-state index contributed by atoms with van der Waals surface area (Å²) in [7, 11) is 0. The first kappa shape index (κ1) is 26.9. The van der Waals surface area contributed by atoms with E-state index in [4.69, 9.17) is 4.74 Å². The SMILES string of the molecule is CCCC1=CC=C(OC(F)(F)C2CCC(C3CCC(C4CCCCC4)CC3)OC2)C(F)(F)C1(F)F. The molecule has 4 aliphatic rings. The molecule has 8 heteroatoms. The highest BCUT2D eigenvalue weighted by molar-refractivity contribution is 5.35. The second-order valence-corrected chi connectivity index (χ2v) is 11.0. The zero-order chi connectivity index (χ0) is 25.3. The lowest BCUT2D eigenvalue weighted by Gasteiger charge is -2.41. The summed E-state index contributed by atoms with van der Waals surface area (Å²) < 4.78 is 97.2. The Bertz CT molecular complexity index is 771. The monoisotopic (exact) mass is 508 g/mol. The molecule has 1 heterocycles. The van der Waals surface area contributed by atoms with E-state index in [-0.39, 0.29) is 32.0 Å². The maximum Gasteiger partial charge on any atom is 0.402 e. The maximum absolute atomic E-state index is 14.8. The van der Waals surface area contributed by atoms with Gasteiger partial charge < -0.3 is 9.47 Å². The fourth-order valence-electron chi connectivity index (χ4n) is 6.58. The Balaban J connectivity index is 1.30. The number of ether oxygens (including phenoxy) is 2. The second kappa shape index (κ2) is 10.7. The van der Waals surface area contributed by atoms with E-state index >= 15 is 0 Å². The van der Waals surface area contributed by atoms with Crippen molar-refractivity contribution in [3.8, 4) is 0 Å². The minimum Gasteiger partial charge on any atom is -0.430 e. The molecular weight excluding hydrogens is 470 g/mol. The second-order valence-electron chi connectivity index (χ2n) is 11.0. The summed E-state index contributed by atoms with van der Waals surface area (Å²) in [5.41, 5.74) is -0.775. The van der Waals surface area contributed by atoms with Crippen LogP contribution in [-0.4, -0.2) is 30.7 Å². The fraction of sp³-hybridized carbons (Fsp3) is 0.852. The van der Waals surface area contributed by atoms with Gasteiger partial charge in [0.25, 0.3) is 0 Å². The number of hydrogen-bond donors (Lipinski definition) is 0. The van der Waals surface area contributed by atoms with Gasteiger partial charge in [0, 0.05) is 5.57 Å². The smallest absolute Gasteiger partial charge is 0.402 e. The zero-order valence-corrected chi connectivity index (χ0v) is 20.5. The summed E-state index contributed by atoms with van der Waals surface area (Å²) in [6.45, 7) is 1.25. The number of alkyl halides is 6. The molecule has 0 N–H and O–H groups in total. The van der Waals surface area contributed by atoms with Gasteiger partial charge in [0.1, 0.15) is 0 Å². The summed E-state index contributed by atoms with van der Waals surface area (Å²) in [6, 6.07) is 0. The van der Waals surface area contributed by atoms with Gasteiger partial charge in [-0.2, -0.15) is 26.3 Å². The Kier molecular flexibility index (Phi) is 8.19. The average molecular weight is 509 g/mol. The van der Waals surface area contributed by atoms with Crippen molar-refractivity contribution in [2.24, 2.45) is 23.7 Å². The van der Waals surface area contributed by atoms with E-state index in [1.807, 2.05) is 0 Å². The minimum atomic E-state index is -4.83. The van der Waals surface area contributed by atoms with E-state index in [9.17, 15) is 26.3 Å². The third kappa shape index (κ3) is 5.57. The van der Waals surface area contributed by atoms with Crippen LogP contribution in [0, 0.1) is 23.7 Å². The number of rotatable bonds is 7. The highest BCUT2D eigenvalue weighted by Crippen LogP contribution is 2.51. The van der Waals surface area contributed by atoms with E-state index < -0.39 is 35.2 Å². The molecule has 2 saturated carbocycles. The van der Waals surface area contributed by atoms with E-state index in [1.165, 1.54) is 32.1 Å². The van der Waals surface area contributed by atoms with Gasteiger partial charge in [-0.3, -0.25) is 0 Å². The summed E-state index contributed by atoms with van der Waals surface area (Å²) in [4.78, 5) is 0. The van der Waals surface area contributed by atoms with Crippen molar-refractivity contribution in [3.05, 3.63) is 23.5 Å². The fourth-order valence-corrected chi connectivity index (χ4v) is 6.58. The summed E-state index contributed by atoms with van der Waals surface area (Å²) in [5, 5.41) is 0. The van der Waals surface area contributed by atoms with Crippen LogP contribution in [0.4, 0.5) is 26.3 Å². The molecule has 4 rings (SSSR count). The summed E-state index contributed by atoms with van der Waals surface area (Å²) in [5.74, 6) is -10.6. The van der Waals surface area contributed by atoms with Crippen LogP contribution >= 0.6 is 0 Å². The van der Waals surface area contributed by atoms with Crippen LogP contribution in [0.1, 0.15) is 90.4 Å². The van der Waals surface area contributed by atoms with Gasteiger partial charge in [-0.1, -0.05) is 51.5 Å². The Morgan fingerprint density at radius 1 is 0.829 bits per heavy atom. The molecule has 0 aromatic heterocycles. The first-order valence-electron chi connectivity index (χ1n) is 13.4. The Morgan fingerprint density at radius 2 is 1.46 bits per heavy atom. The molecule has 0 bridgehead atoms. The van der Waals surface area contributed by atoms with E-state index in [1.54, 1.807) is 6.92 Å². The number of halogens is 6. The largest absolute Gasteiger partial charge is 0.430 e. The van der Waals surface area contributed by atoms with E-state index in [0.717, 1.165) is 43.6 Å². The molecule has 0 amide bonds. The first-order valence-corrected chi connectivity index (χ1v) is 13.4. The molecule has 0 radical (unpaired) electrons. The van der Waals surface area contributed by atoms with Gasteiger partial charge in [-0.05, 0) is 68.8 Å². The van der Waals surface area contributed by atoms with Gasteiger partial charge in [-0.15, -0.1) is 0 Å². The molecule has 3 aliphatic carbocycles. The predicted molar refractivity (Wildman–Crippen MR) is 121 cm³/mol. The molecular formula is C27H38F6O2. The van der Waals surface area contributed by atoms with E-state index in [0.29, 0.717) is 18.4 Å². The number of allylic oxidation sites excluding steroid dienone is 4. The zero-order valence-electron chi connectivity index (χ0n) is 20.5. The lowest BCUT2D eigenvalue weighted by Crippen LogP contribution is -2.49. The highest BCUT2D eigenvalue weighted by atomic mass is 19.3.